The smallest absolute Gasteiger partial charge is 0.241 e. The van der Waals surface area contributed by atoms with E-state index < -0.39 is 0 Å². The molecule has 4 aromatic heterocycles. The Kier molecular flexibility index (Phi) is 3.23. The van der Waals surface area contributed by atoms with E-state index >= 15 is 0 Å². The summed E-state index contributed by atoms with van der Waals surface area (Å²) < 4.78 is 3.84. The molecule has 4 heterocycles. The van der Waals surface area contributed by atoms with Crippen LogP contribution in [0, 0.1) is 6.92 Å². The van der Waals surface area contributed by atoms with Gasteiger partial charge in [0.2, 0.25) is 5.95 Å². The van der Waals surface area contributed by atoms with Crippen LogP contribution in [0.25, 0.3) is 27.9 Å². The molecule has 0 spiro atoms. The van der Waals surface area contributed by atoms with Gasteiger partial charge in [-0.05, 0) is 38.0 Å². The molecule has 0 aliphatic heterocycles. The summed E-state index contributed by atoms with van der Waals surface area (Å²) in [5.41, 5.74) is 10.4. The Morgan fingerprint density at radius 2 is 2.04 bits per heavy atom. The lowest BCUT2D eigenvalue weighted by Gasteiger charge is -2.32. The first-order chi connectivity index (χ1) is 12.6. The molecule has 5 rings (SSSR count). The summed E-state index contributed by atoms with van der Waals surface area (Å²) in [5.74, 6) is 1.57. The number of hydrogen-bond donors (Lipinski definition) is 2. The molecule has 0 unspecified atom stereocenters. The fourth-order valence-electron chi connectivity index (χ4n) is 3.47. The van der Waals surface area contributed by atoms with Gasteiger partial charge in [-0.1, -0.05) is 0 Å². The maximum Gasteiger partial charge on any atom is 0.241 e. The summed E-state index contributed by atoms with van der Waals surface area (Å²) in [7, 11) is 1.98. The second-order valence-corrected chi connectivity index (χ2v) is 6.97. The van der Waals surface area contributed by atoms with Crippen LogP contribution in [0.4, 0.5) is 5.95 Å². The van der Waals surface area contributed by atoms with Crippen LogP contribution < -0.4 is 11.1 Å². The van der Waals surface area contributed by atoms with Crippen LogP contribution in [-0.2, 0) is 7.05 Å². The molecule has 1 saturated carbocycles. The highest BCUT2D eigenvalue weighted by molar-refractivity contribution is 5.82. The van der Waals surface area contributed by atoms with Crippen molar-refractivity contribution in [3.8, 4) is 11.3 Å². The van der Waals surface area contributed by atoms with Gasteiger partial charge in [-0.25, -0.2) is 19.5 Å². The number of fused-ring (bicyclic) bond motifs is 2. The van der Waals surface area contributed by atoms with E-state index in [2.05, 4.69) is 20.4 Å². The van der Waals surface area contributed by atoms with Crippen molar-refractivity contribution in [3.63, 3.8) is 0 Å². The molecular weight excluding hydrogens is 328 g/mol. The fraction of sp³-hybridized carbons (Fsp3) is 0.333. The van der Waals surface area contributed by atoms with Crippen LogP contribution in [0.2, 0.25) is 0 Å². The van der Waals surface area contributed by atoms with Crippen LogP contribution in [0.5, 0.6) is 0 Å². The molecule has 0 atom stereocenters. The summed E-state index contributed by atoms with van der Waals surface area (Å²) in [6, 6.07) is 6.68. The average Bonchev–Trinajstić information content (AvgIpc) is 3.14. The lowest BCUT2D eigenvalue weighted by atomic mass is 9.88. The van der Waals surface area contributed by atoms with Crippen molar-refractivity contribution in [1.29, 1.82) is 0 Å². The third kappa shape index (κ3) is 2.33. The van der Waals surface area contributed by atoms with Crippen molar-refractivity contribution in [3.05, 3.63) is 36.4 Å². The number of anilines is 1. The first-order valence-electron chi connectivity index (χ1n) is 8.75. The van der Waals surface area contributed by atoms with Gasteiger partial charge in [0.25, 0.3) is 0 Å². The molecular formula is C18H20N8. The highest BCUT2D eigenvalue weighted by Gasteiger charge is 2.26. The number of aromatic nitrogens is 6. The van der Waals surface area contributed by atoms with Crippen LogP contribution in [0.3, 0.4) is 0 Å². The number of nitrogens with zero attached hydrogens (tertiary/aromatic N) is 6. The molecule has 3 N–H and O–H groups in total. The van der Waals surface area contributed by atoms with Crippen molar-refractivity contribution in [1.82, 2.24) is 29.1 Å². The van der Waals surface area contributed by atoms with Crippen molar-refractivity contribution >= 4 is 22.6 Å². The summed E-state index contributed by atoms with van der Waals surface area (Å²) in [5, 5.41) is 7.89. The zero-order chi connectivity index (χ0) is 17.8. The number of nitrogens with two attached hydrogens (primary N) is 1. The Hall–Kier alpha value is -3.00. The van der Waals surface area contributed by atoms with Gasteiger partial charge in [-0.2, -0.15) is 0 Å². The molecule has 0 bridgehead atoms. The van der Waals surface area contributed by atoms with Gasteiger partial charge >= 0.3 is 0 Å². The zero-order valence-corrected chi connectivity index (χ0v) is 14.7. The van der Waals surface area contributed by atoms with E-state index in [1.807, 2.05) is 53.6 Å². The zero-order valence-electron chi connectivity index (χ0n) is 14.7. The normalized spacial score (nSPS) is 19.8. The van der Waals surface area contributed by atoms with E-state index in [4.69, 9.17) is 10.7 Å². The maximum absolute atomic E-state index is 5.83. The van der Waals surface area contributed by atoms with Gasteiger partial charge < -0.3 is 15.6 Å². The van der Waals surface area contributed by atoms with Crippen molar-refractivity contribution in [2.24, 2.45) is 12.8 Å². The molecule has 0 radical (unpaired) electrons. The Balaban J connectivity index is 1.52. The predicted octanol–water partition coefficient (Wildman–Crippen LogP) is 1.89. The van der Waals surface area contributed by atoms with Crippen LogP contribution in [0.1, 0.15) is 18.7 Å². The van der Waals surface area contributed by atoms with Crippen LogP contribution >= 0.6 is 0 Å². The third-order valence-corrected chi connectivity index (χ3v) is 5.14. The van der Waals surface area contributed by atoms with Crippen LogP contribution in [-0.4, -0.2) is 41.2 Å². The Bertz CT molecular complexity index is 1120. The second-order valence-electron chi connectivity index (χ2n) is 6.97. The lowest BCUT2D eigenvalue weighted by Crippen LogP contribution is -2.44. The Labute approximate surface area is 150 Å². The molecule has 4 aromatic rings. The quantitative estimate of drug-likeness (QED) is 0.586. The molecule has 26 heavy (non-hydrogen) atoms. The summed E-state index contributed by atoms with van der Waals surface area (Å²) in [4.78, 5) is 13.8. The minimum atomic E-state index is 0.297. The number of hydrogen-bond acceptors (Lipinski definition) is 6. The molecule has 0 saturated heterocycles. The molecule has 8 nitrogen and oxygen atoms in total. The van der Waals surface area contributed by atoms with E-state index in [0.29, 0.717) is 18.0 Å². The molecule has 0 amide bonds. The van der Waals surface area contributed by atoms with E-state index in [9.17, 15) is 0 Å². The number of pyridine rings is 1. The second kappa shape index (κ2) is 5.50. The topological polar surface area (TPSA) is 98.9 Å². The predicted molar refractivity (Wildman–Crippen MR) is 99.8 cm³/mol. The third-order valence-electron chi connectivity index (χ3n) is 5.14. The van der Waals surface area contributed by atoms with Gasteiger partial charge in [0.1, 0.15) is 11.3 Å². The summed E-state index contributed by atoms with van der Waals surface area (Å²) in [6.45, 7) is 1.98. The first kappa shape index (κ1) is 15.3. The van der Waals surface area contributed by atoms with E-state index in [0.717, 1.165) is 46.6 Å². The number of rotatable bonds is 3. The van der Waals surface area contributed by atoms with Gasteiger partial charge in [-0.3, -0.25) is 0 Å². The highest BCUT2D eigenvalue weighted by atomic mass is 15.3. The van der Waals surface area contributed by atoms with E-state index in [1.54, 1.807) is 0 Å². The van der Waals surface area contributed by atoms with Gasteiger partial charge in [0, 0.05) is 30.9 Å². The minimum absolute atomic E-state index is 0.297. The number of nitrogens with one attached hydrogen (secondary N) is 1. The highest BCUT2D eigenvalue weighted by Crippen LogP contribution is 2.26. The molecule has 132 valence electrons. The molecule has 1 aliphatic rings. The number of aryl methyl sites for hydroxylation is 2. The van der Waals surface area contributed by atoms with Crippen molar-refractivity contribution in [2.45, 2.75) is 31.8 Å². The van der Waals surface area contributed by atoms with Crippen molar-refractivity contribution in [2.75, 3.05) is 5.32 Å². The Morgan fingerprint density at radius 1 is 1.19 bits per heavy atom. The first-order valence-corrected chi connectivity index (χ1v) is 8.75. The average molecular weight is 348 g/mol. The number of imidazole rings is 1. The SMILES string of the molecule is Cc1nc2ccc(-c3ccn4nc(N[C@H]5C[C@H](N)C5)ncc34)nc2n1C. The van der Waals surface area contributed by atoms with Crippen molar-refractivity contribution < 1.29 is 0 Å². The Morgan fingerprint density at radius 3 is 2.85 bits per heavy atom. The monoisotopic (exact) mass is 348 g/mol. The molecule has 1 fully saturated rings. The van der Waals surface area contributed by atoms with Gasteiger partial charge in [0.05, 0.1) is 17.4 Å². The standard InChI is InChI=1S/C18H20N8/c1-10-21-15-4-3-14(23-17(15)25(10)2)13-5-6-26-16(13)9-20-18(24-26)22-12-7-11(19)8-12/h3-6,9,11-12H,7-8,19H2,1-2H3,(H,22,24)/t11-,12-. The van der Waals surface area contributed by atoms with Crippen LogP contribution in [0.15, 0.2) is 30.6 Å². The molecule has 1 aliphatic carbocycles. The van der Waals surface area contributed by atoms with E-state index in [-0.39, 0.29) is 0 Å². The minimum Gasteiger partial charge on any atom is -0.350 e. The summed E-state index contributed by atoms with van der Waals surface area (Å²) in [6.07, 6.45) is 5.70. The van der Waals surface area contributed by atoms with Gasteiger partial charge in [-0.15, -0.1) is 5.10 Å². The van der Waals surface area contributed by atoms with E-state index in [1.165, 1.54) is 0 Å². The summed E-state index contributed by atoms with van der Waals surface area (Å²) >= 11 is 0. The molecule has 0 aromatic carbocycles. The fourth-order valence-corrected chi connectivity index (χ4v) is 3.47. The maximum atomic E-state index is 5.83. The lowest BCUT2D eigenvalue weighted by molar-refractivity contribution is 0.371. The molecule has 8 heteroatoms. The van der Waals surface area contributed by atoms with Gasteiger partial charge in [0.15, 0.2) is 5.65 Å². The largest absolute Gasteiger partial charge is 0.350 e.